The van der Waals surface area contributed by atoms with E-state index in [1.807, 2.05) is 10.8 Å². The summed E-state index contributed by atoms with van der Waals surface area (Å²) in [6, 6.07) is 8.69. The van der Waals surface area contributed by atoms with Crippen LogP contribution in [0.25, 0.3) is 16.7 Å². The fourth-order valence-corrected chi connectivity index (χ4v) is 5.43. The van der Waals surface area contributed by atoms with Gasteiger partial charge in [0.1, 0.15) is 9.90 Å². The van der Waals surface area contributed by atoms with E-state index in [1.165, 1.54) is 36.2 Å². The van der Waals surface area contributed by atoms with E-state index in [0.29, 0.717) is 5.39 Å². The summed E-state index contributed by atoms with van der Waals surface area (Å²) < 4.78 is 33.1. The van der Waals surface area contributed by atoms with Crippen molar-refractivity contribution in [1.82, 2.24) is 19.3 Å². The predicted molar refractivity (Wildman–Crippen MR) is 130 cm³/mol. The average Bonchev–Trinajstić information content (AvgIpc) is 3.26. The molecule has 34 heavy (non-hydrogen) atoms. The molecule has 0 spiro atoms. The number of fused-ring (bicyclic) bond motifs is 1. The lowest BCUT2D eigenvalue weighted by atomic mass is 10.1. The van der Waals surface area contributed by atoms with E-state index < -0.39 is 16.1 Å². The second-order valence-corrected chi connectivity index (χ2v) is 10.4. The van der Waals surface area contributed by atoms with Gasteiger partial charge in [0.2, 0.25) is 11.8 Å². The minimum atomic E-state index is -4.12. The molecule has 1 aromatic carbocycles. The Morgan fingerprint density at radius 1 is 1.21 bits per heavy atom. The Morgan fingerprint density at radius 3 is 2.68 bits per heavy atom. The van der Waals surface area contributed by atoms with Crippen LogP contribution in [-0.2, 0) is 10.0 Å². The molecule has 3 aromatic heterocycles. The highest BCUT2D eigenvalue weighted by molar-refractivity contribution is 7.92. The molecule has 3 N–H and O–H groups in total. The van der Waals surface area contributed by atoms with Crippen LogP contribution in [0.1, 0.15) is 0 Å². The number of anilines is 2. The number of halogens is 1. The number of carbonyl (C=O) groups excluding carboxylic acids is 1. The topological polar surface area (TPSA) is 144 Å². The fourth-order valence-electron chi connectivity index (χ4n) is 3.04. The number of sulfonamides is 1. The SMILES string of the molecule is CNc1ccc2c(=O)n(-c3ncc(NC(=O)NS(=O)(=O)c4ccc(Cl)s4)c(OC)n3)ccc2c1. The summed E-state index contributed by atoms with van der Waals surface area (Å²) in [5.41, 5.74) is 0.512. The molecule has 0 radical (unpaired) electrons. The highest BCUT2D eigenvalue weighted by Crippen LogP contribution is 2.26. The molecule has 0 fully saturated rings. The van der Waals surface area contributed by atoms with Crippen molar-refractivity contribution in [1.29, 1.82) is 0 Å². The van der Waals surface area contributed by atoms with Crippen LogP contribution in [0.15, 0.2) is 57.8 Å². The van der Waals surface area contributed by atoms with Crippen LogP contribution < -0.4 is 25.7 Å². The normalized spacial score (nSPS) is 11.3. The number of urea groups is 1. The van der Waals surface area contributed by atoms with Crippen molar-refractivity contribution in [2.24, 2.45) is 0 Å². The van der Waals surface area contributed by atoms with Gasteiger partial charge in [-0.05, 0) is 41.8 Å². The van der Waals surface area contributed by atoms with Crippen LogP contribution in [0.3, 0.4) is 0 Å². The van der Waals surface area contributed by atoms with E-state index in [2.05, 4.69) is 20.6 Å². The Hall–Kier alpha value is -3.68. The molecule has 0 aliphatic heterocycles. The average molecular weight is 521 g/mol. The van der Waals surface area contributed by atoms with Crippen molar-refractivity contribution >= 4 is 61.1 Å². The van der Waals surface area contributed by atoms with Crippen molar-refractivity contribution in [3.63, 3.8) is 0 Å². The molecule has 4 rings (SSSR count). The number of benzene rings is 1. The lowest BCUT2D eigenvalue weighted by molar-refractivity contribution is 0.256. The molecular formula is C20H17ClN6O5S2. The third-order valence-corrected chi connectivity index (χ3v) is 7.69. The Labute approximate surface area is 202 Å². The molecule has 0 aliphatic rings. The number of amides is 2. The molecule has 3 heterocycles. The molecule has 176 valence electrons. The molecule has 0 aliphatic carbocycles. The molecule has 0 atom stereocenters. The lowest BCUT2D eigenvalue weighted by Crippen LogP contribution is -2.34. The number of methoxy groups -OCH3 is 1. The number of thiophene rings is 1. The number of hydrogen-bond donors (Lipinski definition) is 3. The fraction of sp³-hybridized carbons (Fsp3) is 0.100. The second kappa shape index (κ2) is 9.29. The van der Waals surface area contributed by atoms with Gasteiger partial charge >= 0.3 is 6.03 Å². The first-order chi connectivity index (χ1) is 16.2. The van der Waals surface area contributed by atoms with Gasteiger partial charge in [-0.25, -0.2) is 22.9 Å². The van der Waals surface area contributed by atoms with Gasteiger partial charge in [-0.15, -0.1) is 11.3 Å². The van der Waals surface area contributed by atoms with Crippen LogP contribution in [0, 0.1) is 0 Å². The number of rotatable bonds is 6. The number of ether oxygens (including phenoxy) is 1. The molecule has 2 amide bonds. The van der Waals surface area contributed by atoms with Crippen molar-refractivity contribution in [3.8, 4) is 11.8 Å². The van der Waals surface area contributed by atoms with Gasteiger partial charge in [-0.1, -0.05) is 11.6 Å². The standard InChI is InChI=1S/C20H17ClN6O5S2/c1-22-12-3-4-13-11(9-12)7-8-27(18(13)28)19-23-10-14(17(25-19)32-2)24-20(29)26-34(30,31)16-6-5-15(21)33-16/h3-10,22H,1-2H3,(H2,24,26,29). The third-order valence-electron chi connectivity index (χ3n) is 4.63. The summed E-state index contributed by atoms with van der Waals surface area (Å²) in [7, 11) is -1.03. The lowest BCUT2D eigenvalue weighted by Gasteiger charge is -2.12. The largest absolute Gasteiger partial charge is 0.479 e. The maximum Gasteiger partial charge on any atom is 0.333 e. The molecule has 0 bridgehead atoms. The molecule has 4 aromatic rings. The van der Waals surface area contributed by atoms with Gasteiger partial charge in [-0.3, -0.25) is 9.36 Å². The minimum absolute atomic E-state index is 0.00402. The van der Waals surface area contributed by atoms with Gasteiger partial charge in [0, 0.05) is 24.3 Å². The van der Waals surface area contributed by atoms with Crippen LogP contribution >= 0.6 is 22.9 Å². The first-order valence-electron chi connectivity index (χ1n) is 9.55. The molecule has 0 saturated carbocycles. The number of nitrogens with zero attached hydrogens (tertiary/aromatic N) is 3. The van der Waals surface area contributed by atoms with Crippen LogP contribution in [0.2, 0.25) is 4.34 Å². The van der Waals surface area contributed by atoms with Crippen LogP contribution in [0.4, 0.5) is 16.2 Å². The Bertz CT molecular complexity index is 1570. The predicted octanol–water partition coefficient (Wildman–Crippen LogP) is 3.06. The minimum Gasteiger partial charge on any atom is -0.479 e. The van der Waals surface area contributed by atoms with Gasteiger partial charge in [0.25, 0.3) is 15.6 Å². The van der Waals surface area contributed by atoms with E-state index in [1.54, 1.807) is 25.2 Å². The molecule has 0 saturated heterocycles. The quantitative estimate of drug-likeness (QED) is 0.352. The summed E-state index contributed by atoms with van der Waals surface area (Å²) >= 11 is 6.56. The first kappa shape index (κ1) is 23.5. The maximum atomic E-state index is 13.0. The van der Waals surface area contributed by atoms with Crippen molar-refractivity contribution in [3.05, 3.63) is 63.5 Å². The maximum absolute atomic E-state index is 13.0. The number of nitrogens with one attached hydrogen (secondary N) is 3. The zero-order valence-electron chi connectivity index (χ0n) is 17.7. The zero-order valence-corrected chi connectivity index (χ0v) is 20.1. The van der Waals surface area contributed by atoms with E-state index >= 15 is 0 Å². The Balaban J connectivity index is 1.60. The highest BCUT2D eigenvalue weighted by atomic mass is 35.5. The molecular weight excluding hydrogens is 504 g/mol. The summed E-state index contributed by atoms with van der Waals surface area (Å²) in [6.07, 6.45) is 2.73. The zero-order chi connectivity index (χ0) is 24.5. The van der Waals surface area contributed by atoms with Crippen LogP contribution in [0.5, 0.6) is 5.88 Å². The van der Waals surface area contributed by atoms with Crippen molar-refractivity contribution in [2.75, 3.05) is 24.8 Å². The second-order valence-electron chi connectivity index (χ2n) is 6.75. The smallest absolute Gasteiger partial charge is 0.333 e. The first-order valence-corrected chi connectivity index (χ1v) is 12.2. The van der Waals surface area contributed by atoms with E-state index in [9.17, 15) is 18.0 Å². The summed E-state index contributed by atoms with van der Waals surface area (Å²) in [5, 5.41) is 6.54. The van der Waals surface area contributed by atoms with Gasteiger partial charge in [0.15, 0.2) is 0 Å². The Morgan fingerprint density at radius 2 is 2.00 bits per heavy atom. The van der Waals surface area contributed by atoms with Gasteiger partial charge in [0.05, 0.1) is 17.6 Å². The molecule has 14 heteroatoms. The molecule has 11 nitrogen and oxygen atoms in total. The van der Waals surface area contributed by atoms with Crippen molar-refractivity contribution < 1.29 is 17.9 Å². The van der Waals surface area contributed by atoms with E-state index in [4.69, 9.17) is 16.3 Å². The van der Waals surface area contributed by atoms with Gasteiger partial charge < -0.3 is 15.4 Å². The highest BCUT2D eigenvalue weighted by Gasteiger charge is 2.21. The van der Waals surface area contributed by atoms with Gasteiger partial charge in [-0.2, -0.15) is 4.98 Å². The molecule has 0 unspecified atom stereocenters. The number of hydrogen-bond acceptors (Lipinski definition) is 9. The third kappa shape index (κ3) is 4.66. The Kier molecular flexibility index (Phi) is 6.41. The summed E-state index contributed by atoms with van der Waals surface area (Å²) in [6.45, 7) is 0. The summed E-state index contributed by atoms with van der Waals surface area (Å²) in [4.78, 5) is 33.5. The van der Waals surface area contributed by atoms with E-state index in [0.717, 1.165) is 22.4 Å². The number of aromatic nitrogens is 3. The number of carbonyl (C=O) groups is 1. The summed E-state index contributed by atoms with van der Waals surface area (Å²) in [5.74, 6) is -0.0671. The van der Waals surface area contributed by atoms with Crippen molar-refractivity contribution in [2.45, 2.75) is 4.21 Å². The monoisotopic (exact) mass is 520 g/mol. The van der Waals surface area contributed by atoms with E-state index in [-0.39, 0.29) is 31.6 Å². The van der Waals surface area contributed by atoms with Crippen LogP contribution in [-0.4, -0.2) is 43.1 Å². The number of pyridine rings is 1.